The van der Waals surface area contributed by atoms with Gasteiger partial charge in [0.25, 0.3) is 23.6 Å². The average molecular weight is 601 g/mol. The second-order valence-electron chi connectivity index (χ2n) is 11.4. The summed E-state index contributed by atoms with van der Waals surface area (Å²) < 4.78 is 11.2. The van der Waals surface area contributed by atoms with Crippen LogP contribution in [0.5, 0.6) is 0 Å². The Balaban J connectivity index is 0.994. The number of hydrogen-bond acceptors (Lipinski definition) is 10. The molecular formula is C30H24N4O10. The maximum atomic E-state index is 13.4. The minimum absolute atomic E-state index is 0.00279. The highest BCUT2D eigenvalue weighted by atomic mass is 16.5. The molecule has 2 aromatic rings. The van der Waals surface area contributed by atoms with E-state index in [1.165, 1.54) is 60.3 Å². The fourth-order valence-electron chi connectivity index (χ4n) is 6.52. The molecule has 0 aliphatic carbocycles. The molecule has 0 spiro atoms. The Morgan fingerprint density at radius 2 is 0.955 bits per heavy atom. The molecule has 44 heavy (non-hydrogen) atoms. The first kappa shape index (κ1) is 27.4. The zero-order valence-corrected chi connectivity index (χ0v) is 23.5. The van der Waals surface area contributed by atoms with Crippen LogP contribution in [0.2, 0.25) is 0 Å². The first-order valence-electron chi connectivity index (χ1n) is 13.9. The van der Waals surface area contributed by atoms with Gasteiger partial charge in [0.05, 0.1) is 46.5 Å². The molecule has 7 rings (SSSR count). The van der Waals surface area contributed by atoms with Crippen LogP contribution in [0, 0.1) is 0 Å². The number of nitrogens with zero attached hydrogens (tertiary/aromatic N) is 4. The summed E-state index contributed by atoms with van der Waals surface area (Å²) in [7, 11) is 2.70. The number of carbonyl (C=O) groups excluding carboxylic acids is 8. The van der Waals surface area contributed by atoms with Crippen molar-refractivity contribution < 1.29 is 47.8 Å². The standard InChI is InChI=1S/C30H24N4O10/c1-31-23(35)17-5-3-13(7-19(17)25(31)37)29(41)43-15-9-21-27(39)34-12-16(10-22(34)28(40)33(21)11-15)44-30(42)14-4-6-18-20(8-14)26(38)32(2)24(18)36/h3-8,15-16,21-22H,9-12H2,1-2H3. The Labute approximate surface area is 249 Å². The Morgan fingerprint density at radius 3 is 1.34 bits per heavy atom. The number of rotatable bonds is 4. The van der Waals surface area contributed by atoms with E-state index in [0.29, 0.717) is 0 Å². The molecule has 5 heterocycles. The summed E-state index contributed by atoms with van der Waals surface area (Å²) in [5.41, 5.74) is 0.728. The number of carbonyl (C=O) groups is 8. The molecule has 0 aromatic heterocycles. The number of esters is 2. The first-order valence-corrected chi connectivity index (χ1v) is 13.9. The number of imide groups is 2. The van der Waals surface area contributed by atoms with E-state index in [2.05, 4.69) is 0 Å². The van der Waals surface area contributed by atoms with E-state index in [1.807, 2.05) is 0 Å². The Hall–Kier alpha value is -5.40. The molecule has 5 aliphatic rings. The molecule has 0 N–H and O–H groups in total. The van der Waals surface area contributed by atoms with Gasteiger partial charge in [0, 0.05) is 26.9 Å². The summed E-state index contributed by atoms with van der Waals surface area (Å²) in [6.07, 6.45) is -1.39. The van der Waals surface area contributed by atoms with Crippen LogP contribution < -0.4 is 0 Å². The maximum absolute atomic E-state index is 13.4. The molecule has 3 fully saturated rings. The molecule has 4 unspecified atom stereocenters. The zero-order valence-electron chi connectivity index (χ0n) is 23.5. The van der Waals surface area contributed by atoms with Gasteiger partial charge in [-0.25, -0.2) is 9.59 Å². The molecule has 0 saturated carbocycles. The lowest BCUT2D eigenvalue weighted by Crippen LogP contribution is -2.60. The van der Waals surface area contributed by atoms with Crippen LogP contribution in [-0.4, -0.2) is 118 Å². The topological polar surface area (TPSA) is 168 Å². The van der Waals surface area contributed by atoms with Crippen LogP contribution >= 0.6 is 0 Å². The summed E-state index contributed by atoms with van der Waals surface area (Å²) >= 11 is 0. The Bertz CT molecular complexity index is 1610. The summed E-state index contributed by atoms with van der Waals surface area (Å²) in [4.78, 5) is 106. The quantitative estimate of drug-likeness (QED) is 0.347. The van der Waals surface area contributed by atoms with Crippen molar-refractivity contribution in [2.75, 3.05) is 27.2 Å². The van der Waals surface area contributed by atoms with Gasteiger partial charge in [-0.05, 0) is 36.4 Å². The molecule has 14 heteroatoms. The summed E-state index contributed by atoms with van der Waals surface area (Å²) in [6, 6.07) is 6.46. The number of fused-ring (bicyclic) bond motifs is 4. The molecule has 6 amide bonds. The minimum Gasteiger partial charge on any atom is -0.457 e. The largest absolute Gasteiger partial charge is 0.457 e. The van der Waals surface area contributed by atoms with Crippen molar-refractivity contribution in [1.29, 1.82) is 0 Å². The molecule has 0 bridgehead atoms. The molecule has 0 radical (unpaired) electrons. The lowest BCUT2D eigenvalue weighted by atomic mass is 10.1. The van der Waals surface area contributed by atoms with Gasteiger partial charge in [-0.3, -0.25) is 38.6 Å². The fraction of sp³-hybridized carbons (Fsp3) is 0.333. The Kier molecular flexibility index (Phi) is 5.96. The van der Waals surface area contributed by atoms with Crippen LogP contribution in [0.25, 0.3) is 0 Å². The van der Waals surface area contributed by atoms with Gasteiger partial charge in [-0.1, -0.05) is 0 Å². The third-order valence-corrected chi connectivity index (χ3v) is 8.86. The monoisotopic (exact) mass is 600 g/mol. The van der Waals surface area contributed by atoms with Crippen molar-refractivity contribution in [2.24, 2.45) is 0 Å². The van der Waals surface area contributed by atoms with Gasteiger partial charge < -0.3 is 19.3 Å². The van der Waals surface area contributed by atoms with Crippen molar-refractivity contribution >= 4 is 47.4 Å². The first-order chi connectivity index (χ1) is 20.9. The highest BCUT2D eigenvalue weighted by molar-refractivity contribution is 6.22. The van der Waals surface area contributed by atoms with E-state index in [1.54, 1.807) is 0 Å². The van der Waals surface area contributed by atoms with Gasteiger partial charge in [-0.2, -0.15) is 0 Å². The second kappa shape index (κ2) is 9.56. The molecule has 5 aliphatic heterocycles. The minimum atomic E-state index is -0.851. The second-order valence-corrected chi connectivity index (χ2v) is 11.4. The highest BCUT2D eigenvalue weighted by Crippen LogP contribution is 2.35. The predicted octanol–water partition coefficient (Wildman–Crippen LogP) is 0.105. The van der Waals surface area contributed by atoms with Gasteiger partial charge >= 0.3 is 11.9 Å². The van der Waals surface area contributed by atoms with E-state index in [9.17, 15) is 38.4 Å². The third-order valence-electron chi connectivity index (χ3n) is 8.86. The molecule has 2 aromatic carbocycles. The SMILES string of the molecule is CN1C(=O)c2ccc(C(=O)OC3CC4C(=O)N5CC(OC(=O)c6ccc7c(c6)C(=O)N(C)C7=O)CC5C(=O)N4C3)cc2C1=O. The lowest BCUT2D eigenvalue weighted by molar-refractivity contribution is -0.157. The van der Waals surface area contributed by atoms with E-state index in [-0.39, 0.29) is 71.1 Å². The van der Waals surface area contributed by atoms with Crippen LogP contribution in [0.3, 0.4) is 0 Å². The van der Waals surface area contributed by atoms with Crippen LogP contribution in [-0.2, 0) is 19.1 Å². The Morgan fingerprint density at radius 1 is 0.591 bits per heavy atom. The van der Waals surface area contributed by atoms with Crippen molar-refractivity contribution in [3.63, 3.8) is 0 Å². The highest BCUT2D eigenvalue weighted by Gasteiger charge is 2.55. The van der Waals surface area contributed by atoms with E-state index in [4.69, 9.17) is 9.47 Å². The van der Waals surface area contributed by atoms with Crippen molar-refractivity contribution in [3.05, 3.63) is 69.8 Å². The van der Waals surface area contributed by atoms with Crippen molar-refractivity contribution in [2.45, 2.75) is 37.1 Å². The normalized spacial score (nSPS) is 25.4. The van der Waals surface area contributed by atoms with Crippen LogP contribution in [0.1, 0.15) is 75.0 Å². The van der Waals surface area contributed by atoms with E-state index in [0.717, 1.165) is 9.80 Å². The van der Waals surface area contributed by atoms with Crippen LogP contribution in [0.15, 0.2) is 36.4 Å². The number of benzene rings is 2. The summed E-state index contributed by atoms with van der Waals surface area (Å²) in [6.45, 7) is -0.00558. The van der Waals surface area contributed by atoms with Gasteiger partial charge in [0.15, 0.2) is 0 Å². The van der Waals surface area contributed by atoms with E-state index < -0.39 is 59.9 Å². The summed E-state index contributed by atoms with van der Waals surface area (Å²) in [5, 5.41) is 0. The number of ether oxygens (including phenoxy) is 2. The molecule has 14 nitrogen and oxygen atoms in total. The average Bonchev–Trinajstić information content (AvgIpc) is 3.74. The third kappa shape index (κ3) is 3.93. The van der Waals surface area contributed by atoms with Gasteiger partial charge in [0.1, 0.15) is 24.3 Å². The summed E-state index contributed by atoms with van der Waals surface area (Å²) in [5.74, 6) is -4.15. The number of hydrogen-bond donors (Lipinski definition) is 0. The fourth-order valence-corrected chi connectivity index (χ4v) is 6.52. The molecule has 3 saturated heterocycles. The van der Waals surface area contributed by atoms with Crippen molar-refractivity contribution in [1.82, 2.24) is 19.6 Å². The van der Waals surface area contributed by atoms with Gasteiger partial charge in [-0.15, -0.1) is 0 Å². The zero-order chi connectivity index (χ0) is 31.2. The van der Waals surface area contributed by atoms with Gasteiger partial charge in [0.2, 0.25) is 11.8 Å². The smallest absolute Gasteiger partial charge is 0.338 e. The molecular weight excluding hydrogens is 576 g/mol. The molecule has 4 atom stereocenters. The van der Waals surface area contributed by atoms with E-state index >= 15 is 0 Å². The predicted molar refractivity (Wildman–Crippen MR) is 144 cm³/mol. The number of amides is 6. The molecule has 224 valence electrons. The van der Waals surface area contributed by atoms with Crippen molar-refractivity contribution in [3.8, 4) is 0 Å². The lowest BCUT2D eigenvalue weighted by Gasteiger charge is -2.38. The maximum Gasteiger partial charge on any atom is 0.338 e. The van der Waals surface area contributed by atoms with Crippen LogP contribution in [0.4, 0.5) is 0 Å². The number of piperazine rings is 1.